The molecule has 0 bridgehead atoms. The fourth-order valence-electron chi connectivity index (χ4n) is 3.04. The van der Waals surface area contributed by atoms with Gasteiger partial charge in [-0.15, -0.1) is 0 Å². The maximum absolute atomic E-state index is 12.5. The molecule has 27 heavy (non-hydrogen) atoms. The van der Waals surface area contributed by atoms with Gasteiger partial charge in [-0.05, 0) is 59.4 Å². The number of ether oxygens (including phenoxy) is 1. The molecule has 0 radical (unpaired) electrons. The van der Waals surface area contributed by atoms with Gasteiger partial charge in [0.05, 0.1) is 5.56 Å². The lowest BCUT2D eigenvalue weighted by atomic mass is 10.0. The van der Waals surface area contributed by atoms with Gasteiger partial charge in [0.25, 0.3) is 0 Å². The lowest BCUT2D eigenvalue weighted by molar-refractivity contribution is 0.0921. The molecule has 0 aliphatic heterocycles. The first-order valence-corrected chi connectivity index (χ1v) is 9.10. The van der Waals surface area contributed by atoms with E-state index < -0.39 is 0 Å². The molecule has 0 aliphatic carbocycles. The molecule has 0 atom stereocenters. The molecule has 3 rings (SSSR count). The molecule has 0 fully saturated rings. The van der Waals surface area contributed by atoms with E-state index in [0.29, 0.717) is 22.8 Å². The van der Waals surface area contributed by atoms with E-state index in [0.717, 1.165) is 10.8 Å². The largest absolute Gasteiger partial charge is 0.484 e. The standard InChI is InChI=1S/C24H23NO2/c1-15(2)18-5-7-19(8-6-18)23(26)14-27-24-12-21-10-17(4)16(3)9-20(21)11-22(24)13-25/h5-12,15H,14H2,1-4H3. The maximum atomic E-state index is 12.5. The first-order valence-electron chi connectivity index (χ1n) is 9.10. The summed E-state index contributed by atoms with van der Waals surface area (Å²) < 4.78 is 5.73. The van der Waals surface area contributed by atoms with Crippen molar-refractivity contribution in [2.45, 2.75) is 33.6 Å². The van der Waals surface area contributed by atoms with Crippen LogP contribution in [-0.2, 0) is 0 Å². The highest BCUT2D eigenvalue weighted by molar-refractivity contribution is 5.97. The zero-order valence-electron chi connectivity index (χ0n) is 16.2. The Morgan fingerprint density at radius 3 is 2.15 bits per heavy atom. The SMILES string of the molecule is Cc1cc2cc(C#N)c(OCC(=O)c3ccc(C(C)C)cc3)cc2cc1C. The number of hydrogen-bond acceptors (Lipinski definition) is 3. The average molecular weight is 357 g/mol. The van der Waals surface area contributed by atoms with Crippen molar-refractivity contribution in [3.8, 4) is 11.8 Å². The summed E-state index contributed by atoms with van der Waals surface area (Å²) in [6.45, 7) is 8.25. The van der Waals surface area contributed by atoms with E-state index in [-0.39, 0.29) is 12.4 Å². The first kappa shape index (κ1) is 18.7. The Labute approximate surface area is 160 Å². The number of nitrogens with zero attached hydrogens (tertiary/aromatic N) is 1. The summed E-state index contributed by atoms with van der Waals surface area (Å²) in [4.78, 5) is 12.5. The molecule has 3 nitrogen and oxygen atoms in total. The van der Waals surface area contributed by atoms with Gasteiger partial charge in [0.1, 0.15) is 11.8 Å². The fourth-order valence-corrected chi connectivity index (χ4v) is 3.04. The van der Waals surface area contributed by atoms with E-state index in [4.69, 9.17) is 4.74 Å². The van der Waals surface area contributed by atoms with Crippen LogP contribution >= 0.6 is 0 Å². The summed E-state index contributed by atoms with van der Waals surface area (Å²) >= 11 is 0. The summed E-state index contributed by atoms with van der Waals surface area (Å²) in [5.41, 5.74) is 4.61. The lowest BCUT2D eigenvalue weighted by Crippen LogP contribution is -2.12. The number of benzene rings is 3. The second-order valence-electron chi connectivity index (χ2n) is 7.23. The minimum Gasteiger partial charge on any atom is -0.484 e. The molecule has 0 amide bonds. The van der Waals surface area contributed by atoms with Crippen molar-refractivity contribution in [1.82, 2.24) is 0 Å². The van der Waals surface area contributed by atoms with E-state index in [1.807, 2.05) is 36.4 Å². The number of nitriles is 1. The third-order valence-corrected chi connectivity index (χ3v) is 4.93. The second-order valence-corrected chi connectivity index (χ2v) is 7.23. The van der Waals surface area contributed by atoms with E-state index in [9.17, 15) is 10.1 Å². The third kappa shape index (κ3) is 4.01. The summed E-state index contributed by atoms with van der Waals surface area (Å²) in [5, 5.41) is 11.5. The van der Waals surface area contributed by atoms with Crippen molar-refractivity contribution in [2.75, 3.05) is 6.61 Å². The number of carbonyl (C=O) groups is 1. The van der Waals surface area contributed by atoms with Crippen LogP contribution in [0.1, 0.15) is 52.4 Å². The van der Waals surface area contributed by atoms with Crippen LogP contribution < -0.4 is 4.74 Å². The number of carbonyl (C=O) groups excluding carboxylic acids is 1. The molecule has 0 spiro atoms. The van der Waals surface area contributed by atoms with Crippen LogP contribution in [0.4, 0.5) is 0 Å². The molecule has 0 heterocycles. The first-order chi connectivity index (χ1) is 12.9. The number of Topliss-reactive ketones (excluding diaryl/α,β-unsaturated/α-hetero) is 1. The Hall–Kier alpha value is -3.12. The van der Waals surface area contributed by atoms with Crippen molar-refractivity contribution in [2.24, 2.45) is 0 Å². The maximum Gasteiger partial charge on any atom is 0.200 e. The van der Waals surface area contributed by atoms with Gasteiger partial charge in [0.2, 0.25) is 0 Å². The molecule has 0 N–H and O–H groups in total. The quantitative estimate of drug-likeness (QED) is 0.549. The minimum absolute atomic E-state index is 0.0912. The molecule has 3 heteroatoms. The van der Waals surface area contributed by atoms with Gasteiger partial charge >= 0.3 is 0 Å². The topological polar surface area (TPSA) is 50.1 Å². The van der Waals surface area contributed by atoms with Gasteiger partial charge in [0.15, 0.2) is 12.4 Å². The predicted octanol–water partition coefficient (Wildman–Crippen LogP) is 5.71. The fraction of sp³-hybridized carbons (Fsp3) is 0.250. The molecule has 0 saturated carbocycles. The number of ketones is 1. The smallest absolute Gasteiger partial charge is 0.200 e. The summed E-state index contributed by atoms with van der Waals surface area (Å²) in [7, 11) is 0. The minimum atomic E-state index is -0.102. The van der Waals surface area contributed by atoms with Gasteiger partial charge in [-0.3, -0.25) is 4.79 Å². The van der Waals surface area contributed by atoms with Gasteiger partial charge in [-0.2, -0.15) is 5.26 Å². The highest BCUT2D eigenvalue weighted by Crippen LogP contribution is 2.28. The zero-order chi connectivity index (χ0) is 19.6. The van der Waals surface area contributed by atoms with Crippen LogP contribution in [0.2, 0.25) is 0 Å². The van der Waals surface area contributed by atoms with Gasteiger partial charge < -0.3 is 4.74 Å². The summed E-state index contributed by atoms with van der Waals surface area (Å²) in [6, 6.07) is 17.6. The highest BCUT2D eigenvalue weighted by Gasteiger charge is 2.12. The Morgan fingerprint density at radius 2 is 1.59 bits per heavy atom. The molecule has 0 saturated heterocycles. The molecule has 0 aromatic heterocycles. The van der Waals surface area contributed by atoms with Crippen LogP contribution in [0.15, 0.2) is 48.5 Å². The predicted molar refractivity (Wildman–Crippen MR) is 108 cm³/mol. The number of aryl methyl sites for hydroxylation is 2. The van der Waals surface area contributed by atoms with Crippen LogP contribution in [0.3, 0.4) is 0 Å². The summed E-state index contributed by atoms with van der Waals surface area (Å²) in [6.07, 6.45) is 0. The molecule has 136 valence electrons. The monoisotopic (exact) mass is 357 g/mol. The van der Waals surface area contributed by atoms with Crippen molar-refractivity contribution in [3.05, 3.63) is 76.3 Å². The van der Waals surface area contributed by atoms with Crippen molar-refractivity contribution in [3.63, 3.8) is 0 Å². The average Bonchev–Trinajstić information content (AvgIpc) is 2.66. The third-order valence-electron chi connectivity index (χ3n) is 4.93. The number of rotatable bonds is 5. The molecular formula is C24H23NO2. The van der Waals surface area contributed by atoms with E-state index in [1.54, 1.807) is 0 Å². The Morgan fingerprint density at radius 1 is 1.00 bits per heavy atom. The highest BCUT2D eigenvalue weighted by atomic mass is 16.5. The number of fused-ring (bicyclic) bond motifs is 1. The Kier molecular flexibility index (Phi) is 5.28. The molecular weight excluding hydrogens is 334 g/mol. The van der Waals surface area contributed by atoms with Crippen molar-refractivity contribution in [1.29, 1.82) is 5.26 Å². The van der Waals surface area contributed by atoms with Crippen LogP contribution in [0.5, 0.6) is 5.75 Å². The van der Waals surface area contributed by atoms with Gasteiger partial charge in [-0.1, -0.05) is 50.2 Å². The van der Waals surface area contributed by atoms with Gasteiger partial charge in [0, 0.05) is 5.56 Å². The molecule has 0 unspecified atom stereocenters. The van der Waals surface area contributed by atoms with E-state index in [2.05, 4.69) is 45.9 Å². The van der Waals surface area contributed by atoms with E-state index >= 15 is 0 Å². The lowest BCUT2D eigenvalue weighted by Gasteiger charge is -2.11. The molecule has 3 aromatic carbocycles. The second kappa shape index (κ2) is 7.63. The van der Waals surface area contributed by atoms with Crippen LogP contribution in [0, 0.1) is 25.2 Å². The Bertz CT molecular complexity index is 1040. The van der Waals surface area contributed by atoms with Crippen molar-refractivity contribution < 1.29 is 9.53 Å². The zero-order valence-corrected chi connectivity index (χ0v) is 16.2. The summed E-state index contributed by atoms with van der Waals surface area (Å²) in [5.74, 6) is 0.767. The van der Waals surface area contributed by atoms with Crippen LogP contribution in [0.25, 0.3) is 10.8 Å². The molecule has 3 aromatic rings. The van der Waals surface area contributed by atoms with Crippen LogP contribution in [-0.4, -0.2) is 12.4 Å². The van der Waals surface area contributed by atoms with E-state index in [1.165, 1.54) is 16.7 Å². The normalized spacial score (nSPS) is 10.8. The Balaban J connectivity index is 1.82. The number of hydrogen-bond donors (Lipinski definition) is 0. The molecule has 0 aliphatic rings. The van der Waals surface area contributed by atoms with Crippen molar-refractivity contribution >= 4 is 16.6 Å². The van der Waals surface area contributed by atoms with Gasteiger partial charge in [-0.25, -0.2) is 0 Å².